The summed E-state index contributed by atoms with van der Waals surface area (Å²) >= 11 is 3.33. The average molecular weight is 387 g/mol. The van der Waals surface area contributed by atoms with Gasteiger partial charge in [0, 0.05) is 10.0 Å². The second-order valence-corrected chi connectivity index (χ2v) is 6.82. The smallest absolute Gasteiger partial charge is 0.251 e. The number of carbonyl (C=O) groups excluding carboxylic acids is 2. The Morgan fingerprint density at radius 3 is 2.62 bits per heavy atom. The molecule has 4 nitrogen and oxygen atoms in total. The van der Waals surface area contributed by atoms with Gasteiger partial charge in [-0.3, -0.25) is 9.59 Å². The molecule has 0 bridgehead atoms. The zero-order chi connectivity index (χ0) is 16.9. The molecule has 0 saturated carbocycles. The highest BCUT2D eigenvalue weighted by atomic mass is 79.9. The van der Waals surface area contributed by atoms with E-state index in [1.54, 1.807) is 24.3 Å². The molecule has 5 heteroatoms. The standard InChI is InChI=1S/C19H19BrN2O2/c20-15-10-8-14(9-11-15)19(24)21-12-18(23)22-17-7-3-5-13-4-1-2-6-16(13)17/h1-2,4,6,8-11,17H,3,5,7,12H2,(H,21,24)(H,22,23). The normalized spacial score (nSPS) is 16.1. The Bertz CT molecular complexity index is 743. The van der Waals surface area contributed by atoms with Crippen LogP contribution in [0.2, 0.25) is 0 Å². The molecule has 0 fully saturated rings. The van der Waals surface area contributed by atoms with Crippen molar-refractivity contribution in [2.45, 2.75) is 25.3 Å². The molecular formula is C19H19BrN2O2. The van der Waals surface area contributed by atoms with E-state index in [1.165, 1.54) is 11.1 Å². The summed E-state index contributed by atoms with van der Waals surface area (Å²) in [6.45, 7) is -0.0203. The van der Waals surface area contributed by atoms with Crippen molar-refractivity contribution in [2.75, 3.05) is 6.54 Å². The van der Waals surface area contributed by atoms with E-state index in [1.807, 2.05) is 12.1 Å². The maximum absolute atomic E-state index is 12.2. The number of aryl methyl sites for hydroxylation is 1. The molecular weight excluding hydrogens is 368 g/mol. The van der Waals surface area contributed by atoms with Crippen LogP contribution in [0.3, 0.4) is 0 Å². The summed E-state index contributed by atoms with van der Waals surface area (Å²) in [5, 5.41) is 5.70. The molecule has 0 aliphatic heterocycles. The third-order valence-electron chi connectivity index (χ3n) is 4.22. The molecule has 3 rings (SSSR count). The van der Waals surface area contributed by atoms with Crippen LogP contribution in [0.25, 0.3) is 0 Å². The van der Waals surface area contributed by atoms with Gasteiger partial charge in [-0.2, -0.15) is 0 Å². The number of hydrogen-bond donors (Lipinski definition) is 2. The molecule has 0 spiro atoms. The fourth-order valence-corrected chi connectivity index (χ4v) is 3.28. The van der Waals surface area contributed by atoms with E-state index in [9.17, 15) is 9.59 Å². The van der Waals surface area contributed by atoms with Gasteiger partial charge in [0.25, 0.3) is 5.91 Å². The van der Waals surface area contributed by atoms with E-state index in [0.29, 0.717) is 5.56 Å². The first-order valence-electron chi connectivity index (χ1n) is 8.04. The number of halogens is 1. The number of carbonyl (C=O) groups is 2. The highest BCUT2D eigenvalue weighted by Crippen LogP contribution is 2.29. The maximum Gasteiger partial charge on any atom is 0.251 e. The van der Waals surface area contributed by atoms with Crippen LogP contribution in [0.15, 0.2) is 53.0 Å². The van der Waals surface area contributed by atoms with Crippen LogP contribution in [0.5, 0.6) is 0 Å². The first kappa shape index (κ1) is 16.7. The van der Waals surface area contributed by atoms with Gasteiger partial charge in [0.2, 0.25) is 5.91 Å². The number of benzene rings is 2. The minimum atomic E-state index is -0.248. The van der Waals surface area contributed by atoms with Gasteiger partial charge in [-0.05, 0) is 54.7 Å². The van der Waals surface area contributed by atoms with E-state index in [2.05, 4.69) is 38.7 Å². The Morgan fingerprint density at radius 2 is 1.83 bits per heavy atom. The monoisotopic (exact) mass is 386 g/mol. The lowest BCUT2D eigenvalue weighted by molar-refractivity contribution is -0.121. The van der Waals surface area contributed by atoms with Crippen LogP contribution in [0.4, 0.5) is 0 Å². The van der Waals surface area contributed by atoms with Crippen molar-refractivity contribution in [2.24, 2.45) is 0 Å². The first-order chi connectivity index (χ1) is 11.6. The van der Waals surface area contributed by atoms with Gasteiger partial charge in [-0.25, -0.2) is 0 Å². The van der Waals surface area contributed by atoms with Gasteiger partial charge >= 0.3 is 0 Å². The Balaban J connectivity index is 1.55. The molecule has 2 N–H and O–H groups in total. The number of amides is 2. The molecule has 1 aliphatic rings. The number of fused-ring (bicyclic) bond motifs is 1. The largest absolute Gasteiger partial charge is 0.348 e. The van der Waals surface area contributed by atoms with Crippen LogP contribution in [0, 0.1) is 0 Å². The summed E-state index contributed by atoms with van der Waals surface area (Å²) in [6.07, 6.45) is 3.06. The van der Waals surface area contributed by atoms with Gasteiger partial charge in [-0.1, -0.05) is 40.2 Å². The van der Waals surface area contributed by atoms with Crippen molar-refractivity contribution in [3.8, 4) is 0 Å². The predicted molar refractivity (Wildman–Crippen MR) is 96.7 cm³/mol. The molecule has 2 aromatic carbocycles. The maximum atomic E-state index is 12.2. The lowest BCUT2D eigenvalue weighted by Gasteiger charge is -2.26. The van der Waals surface area contributed by atoms with Crippen molar-refractivity contribution in [3.63, 3.8) is 0 Å². The van der Waals surface area contributed by atoms with E-state index < -0.39 is 0 Å². The van der Waals surface area contributed by atoms with Gasteiger partial charge < -0.3 is 10.6 Å². The Morgan fingerprint density at radius 1 is 1.08 bits per heavy atom. The summed E-state index contributed by atoms with van der Waals surface area (Å²) in [6, 6.07) is 15.3. The molecule has 2 amide bonds. The van der Waals surface area contributed by atoms with Crippen molar-refractivity contribution in [1.82, 2.24) is 10.6 Å². The lowest BCUT2D eigenvalue weighted by Crippen LogP contribution is -2.39. The van der Waals surface area contributed by atoms with Crippen LogP contribution >= 0.6 is 15.9 Å². The Kier molecular flexibility index (Phi) is 5.30. The molecule has 0 radical (unpaired) electrons. The molecule has 1 aliphatic carbocycles. The van der Waals surface area contributed by atoms with Gasteiger partial charge in [0.1, 0.15) is 0 Å². The van der Waals surface area contributed by atoms with Crippen molar-refractivity contribution in [3.05, 3.63) is 69.7 Å². The molecule has 1 unspecified atom stereocenters. The summed E-state index contributed by atoms with van der Waals surface area (Å²) in [4.78, 5) is 24.2. The SMILES string of the molecule is O=C(CNC(=O)c1ccc(Br)cc1)NC1CCCc2ccccc21. The number of rotatable bonds is 4. The summed E-state index contributed by atoms with van der Waals surface area (Å²) in [5.74, 6) is -0.413. The third kappa shape index (κ3) is 4.03. The van der Waals surface area contributed by atoms with Gasteiger partial charge in [0.15, 0.2) is 0 Å². The van der Waals surface area contributed by atoms with E-state index >= 15 is 0 Å². The zero-order valence-electron chi connectivity index (χ0n) is 13.2. The average Bonchev–Trinajstić information content (AvgIpc) is 2.61. The van der Waals surface area contributed by atoms with E-state index in [0.717, 1.165) is 23.7 Å². The molecule has 0 aromatic heterocycles. The summed E-state index contributed by atoms with van der Waals surface area (Å²) in [5.41, 5.74) is 3.03. The second-order valence-electron chi connectivity index (χ2n) is 5.90. The van der Waals surface area contributed by atoms with Crippen LogP contribution < -0.4 is 10.6 Å². The minimum Gasteiger partial charge on any atom is -0.348 e. The molecule has 1 atom stereocenters. The topological polar surface area (TPSA) is 58.2 Å². The molecule has 0 heterocycles. The zero-order valence-corrected chi connectivity index (χ0v) is 14.8. The molecule has 0 saturated heterocycles. The Labute approximate surface area is 149 Å². The third-order valence-corrected chi connectivity index (χ3v) is 4.75. The highest BCUT2D eigenvalue weighted by Gasteiger charge is 2.21. The highest BCUT2D eigenvalue weighted by molar-refractivity contribution is 9.10. The summed E-state index contributed by atoms with van der Waals surface area (Å²) in [7, 11) is 0. The van der Waals surface area contributed by atoms with Crippen molar-refractivity contribution < 1.29 is 9.59 Å². The van der Waals surface area contributed by atoms with Crippen LogP contribution in [0.1, 0.15) is 40.4 Å². The van der Waals surface area contributed by atoms with Crippen LogP contribution in [-0.4, -0.2) is 18.4 Å². The fourth-order valence-electron chi connectivity index (χ4n) is 3.01. The second kappa shape index (κ2) is 7.62. The Hall–Kier alpha value is -2.14. The quantitative estimate of drug-likeness (QED) is 0.845. The van der Waals surface area contributed by atoms with E-state index in [4.69, 9.17) is 0 Å². The molecule has 24 heavy (non-hydrogen) atoms. The predicted octanol–water partition coefficient (Wildman–Crippen LogP) is 3.37. The number of nitrogens with one attached hydrogen (secondary N) is 2. The first-order valence-corrected chi connectivity index (χ1v) is 8.84. The number of hydrogen-bond acceptors (Lipinski definition) is 2. The van der Waals surface area contributed by atoms with Crippen molar-refractivity contribution in [1.29, 1.82) is 0 Å². The van der Waals surface area contributed by atoms with Crippen LogP contribution in [-0.2, 0) is 11.2 Å². The van der Waals surface area contributed by atoms with Crippen molar-refractivity contribution >= 4 is 27.7 Å². The fraction of sp³-hybridized carbons (Fsp3) is 0.263. The van der Waals surface area contributed by atoms with E-state index in [-0.39, 0.29) is 24.4 Å². The summed E-state index contributed by atoms with van der Waals surface area (Å²) < 4.78 is 0.910. The molecule has 2 aromatic rings. The van der Waals surface area contributed by atoms with Gasteiger partial charge in [-0.15, -0.1) is 0 Å². The van der Waals surface area contributed by atoms with Gasteiger partial charge in [0.05, 0.1) is 12.6 Å². The molecule has 124 valence electrons. The lowest BCUT2D eigenvalue weighted by atomic mass is 9.88. The minimum absolute atomic E-state index is 0.0203.